The van der Waals surface area contributed by atoms with E-state index in [4.69, 9.17) is 17.0 Å². The first kappa shape index (κ1) is 17.4. The Labute approximate surface area is 144 Å². The number of methoxy groups -OCH3 is 1. The maximum absolute atomic E-state index is 9.83. The van der Waals surface area contributed by atoms with Crippen molar-refractivity contribution in [3.8, 4) is 23.0 Å². The third kappa shape index (κ3) is 4.05. The lowest BCUT2D eigenvalue weighted by Crippen LogP contribution is -2.25. The van der Waals surface area contributed by atoms with E-state index in [0.29, 0.717) is 11.5 Å². The fourth-order valence-corrected chi connectivity index (χ4v) is 2.08. The Morgan fingerprint density at radius 2 is 1.88 bits per heavy atom. The highest BCUT2D eigenvalue weighted by atomic mass is 32.1. The minimum atomic E-state index is -0.598. The van der Waals surface area contributed by atoms with Gasteiger partial charge in [0, 0.05) is 17.3 Å². The summed E-state index contributed by atoms with van der Waals surface area (Å²) in [6, 6.07) is 9.91. The third-order valence-electron chi connectivity index (χ3n) is 3.17. The van der Waals surface area contributed by atoms with Crippen LogP contribution in [0.4, 0.5) is 5.69 Å². The van der Waals surface area contributed by atoms with E-state index in [-0.39, 0.29) is 10.7 Å². The monoisotopic (exact) mass is 347 g/mol. The number of hydrazone groups is 1. The number of hydrogen-bond acceptors (Lipinski definition) is 6. The zero-order valence-electron chi connectivity index (χ0n) is 13.1. The number of anilines is 1. The Bertz CT molecular complexity index is 793. The lowest BCUT2D eigenvalue weighted by atomic mass is 10.1. The van der Waals surface area contributed by atoms with Crippen molar-refractivity contribution in [2.45, 2.75) is 6.92 Å². The zero-order valence-corrected chi connectivity index (χ0v) is 13.9. The van der Waals surface area contributed by atoms with Crippen molar-refractivity contribution in [1.82, 2.24) is 5.43 Å². The molecule has 0 aliphatic rings. The van der Waals surface area contributed by atoms with Crippen molar-refractivity contribution in [1.29, 1.82) is 0 Å². The van der Waals surface area contributed by atoms with Gasteiger partial charge in [0.2, 0.25) is 5.75 Å². The Morgan fingerprint density at radius 3 is 2.58 bits per heavy atom. The molecule has 0 spiro atoms. The van der Waals surface area contributed by atoms with E-state index < -0.39 is 17.2 Å². The Morgan fingerprint density at radius 1 is 1.12 bits per heavy atom. The topological polar surface area (TPSA) is 106 Å². The maximum atomic E-state index is 9.83. The van der Waals surface area contributed by atoms with E-state index in [1.54, 1.807) is 20.1 Å². The number of benzene rings is 2. The van der Waals surface area contributed by atoms with Crippen molar-refractivity contribution in [3.05, 3.63) is 42.0 Å². The lowest BCUT2D eigenvalue weighted by Gasteiger charge is -2.10. The first-order valence-corrected chi connectivity index (χ1v) is 7.32. The van der Waals surface area contributed by atoms with Crippen LogP contribution in [0, 0.1) is 0 Å². The molecular weight excluding hydrogens is 330 g/mol. The van der Waals surface area contributed by atoms with Gasteiger partial charge in [0.15, 0.2) is 16.6 Å². The smallest absolute Gasteiger partial charge is 0.200 e. The first-order chi connectivity index (χ1) is 11.4. The van der Waals surface area contributed by atoms with E-state index in [1.807, 2.05) is 18.2 Å². The molecule has 2 aromatic carbocycles. The molecule has 0 aliphatic carbocycles. The Kier molecular flexibility index (Phi) is 5.43. The van der Waals surface area contributed by atoms with Gasteiger partial charge in [0.25, 0.3) is 0 Å². The van der Waals surface area contributed by atoms with Crippen molar-refractivity contribution in [2.75, 3.05) is 12.4 Å². The fraction of sp³-hybridized carbons (Fsp3) is 0.125. The minimum Gasteiger partial charge on any atom is -0.504 e. The van der Waals surface area contributed by atoms with Crippen LogP contribution in [-0.4, -0.2) is 33.3 Å². The average molecular weight is 347 g/mol. The van der Waals surface area contributed by atoms with Crippen LogP contribution >= 0.6 is 12.2 Å². The largest absolute Gasteiger partial charge is 0.504 e. The molecule has 0 aliphatic heterocycles. The van der Waals surface area contributed by atoms with Gasteiger partial charge < -0.3 is 25.4 Å². The summed E-state index contributed by atoms with van der Waals surface area (Å²) in [5, 5.41) is 35.9. The molecule has 0 atom stereocenters. The van der Waals surface area contributed by atoms with Gasteiger partial charge >= 0.3 is 0 Å². The van der Waals surface area contributed by atoms with Gasteiger partial charge in [-0.3, -0.25) is 5.43 Å². The molecular formula is C16H17N3O4S. The molecule has 0 amide bonds. The SMILES string of the molecule is COc1cccc(NC(=S)N/N=C(\C)c2ccc(O)c(O)c2O)c1. The van der Waals surface area contributed by atoms with E-state index in [9.17, 15) is 15.3 Å². The van der Waals surface area contributed by atoms with Crippen LogP contribution in [0.5, 0.6) is 23.0 Å². The number of nitrogens with zero attached hydrogens (tertiary/aromatic N) is 1. The van der Waals surface area contributed by atoms with Crippen LogP contribution in [0.1, 0.15) is 12.5 Å². The summed E-state index contributed by atoms with van der Waals surface area (Å²) in [6.07, 6.45) is 0. The van der Waals surface area contributed by atoms with Gasteiger partial charge in [0.1, 0.15) is 5.75 Å². The predicted molar refractivity (Wildman–Crippen MR) is 96.0 cm³/mol. The lowest BCUT2D eigenvalue weighted by molar-refractivity contribution is 0.367. The summed E-state index contributed by atoms with van der Waals surface area (Å²) in [7, 11) is 1.57. The molecule has 2 rings (SSSR count). The van der Waals surface area contributed by atoms with Gasteiger partial charge in [-0.1, -0.05) is 6.07 Å². The van der Waals surface area contributed by atoms with Crippen LogP contribution in [0.2, 0.25) is 0 Å². The molecule has 126 valence electrons. The average Bonchev–Trinajstić information content (AvgIpc) is 2.58. The number of aromatic hydroxyl groups is 3. The number of hydrogen-bond donors (Lipinski definition) is 5. The molecule has 7 nitrogen and oxygen atoms in total. The number of phenols is 3. The van der Waals surface area contributed by atoms with Gasteiger partial charge in [-0.25, -0.2) is 0 Å². The predicted octanol–water partition coefficient (Wildman–Crippen LogP) is 2.52. The van der Waals surface area contributed by atoms with Gasteiger partial charge in [0.05, 0.1) is 12.8 Å². The number of nitrogens with one attached hydrogen (secondary N) is 2. The molecule has 0 radical (unpaired) electrons. The van der Waals surface area contributed by atoms with E-state index in [2.05, 4.69) is 15.8 Å². The maximum Gasteiger partial charge on any atom is 0.200 e. The fourth-order valence-electron chi connectivity index (χ4n) is 1.92. The summed E-state index contributed by atoms with van der Waals surface area (Å²) in [6.45, 7) is 1.62. The van der Waals surface area contributed by atoms with Gasteiger partial charge in [-0.15, -0.1) is 0 Å². The number of phenolic OH excluding ortho intramolecular Hbond substituents is 3. The van der Waals surface area contributed by atoms with Crippen molar-refractivity contribution < 1.29 is 20.1 Å². The van der Waals surface area contributed by atoms with Crippen LogP contribution in [0.3, 0.4) is 0 Å². The summed E-state index contributed by atoms with van der Waals surface area (Å²) >= 11 is 5.14. The molecule has 2 aromatic rings. The molecule has 24 heavy (non-hydrogen) atoms. The second kappa shape index (κ2) is 7.51. The summed E-state index contributed by atoms with van der Waals surface area (Å²) in [5.41, 5.74) is 4.01. The summed E-state index contributed by atoms with van der Waals surface area (Å²) in [4.78, 5) is 0. The van der Waals surface area contributed by atoms with Crippen LogP contribution in [-0.2, 0) is 0 Å². The van der Waals surface area contributed by atoms with Crippen molar-refractivity contribution in [3.63, 3.8) is 0 Å². The molecule has 0 aromatic heterocycles. The third-order valence-corrected chi connectivity index (χ3v) is 3.37. The molecule has 0 fully saturated rings. The van der Waals surface area contributed by atoms with Crippen LogP contribution in [0.15, 0.2) is 41.5 Å². The number of thiocarbonyl (C=S) groups is 1. The minimum absolute atomic E-state index is 0.241. The van der Waals surface area contributed by atoms with Gasteiger partial charge in [-0.05, 0) is 43.4 Å². The highest BCUT2D eigenvalue weighted by Crippen LogP contribution is 2.37. The van der Waals surface area contributed by atoms with Crippen LogP contribution < -0.4 is 15.5 Å². The molecule has 8 heteroatoms. The summed E-state index contributed by atoms with van der Waals surface area (Å²) < 4.78 is 5.12. The quantitative estimate of drug-likeness (QED) is 0.250. The standard InChI is InChI=1S/C16H17N3O4S/c1-9(12-6-7-13(20)15(22)14(12)21)18-19-16(24)17-10-4-3-5-11(8-10)23-2/h3-8,20-22H,1-2H3,(H2,17,19,24)/b18-9+. The van der Waals surface area contributed by atoms with E-state index in [1.165, 1.54) is 12.1 Å². The zero-order chi connectivity index (χ0) is 17.7. The highest BCUT2D eigenvalue weighted by molar-refractivity contribution is 7.80. The van der Waals surface area contributed by atoms with Crippen LogP contribution in [0.25, 0.3) is 0 Å². The van der Waals surface area contributed by atoms with E-state index >= 15 is 0 Å². The second-order valence-corrected chi connectivity index (χ2v) is 5.23. The second-order valence-electron chi connectivity index (χ2n) is 4.82. The van der Waals surface area contributed by atoms with Crippen molar-refractivity contribution >= 4 is 28.7 Å². The molecule has 0 saturated heterocycles. The molecule has 0 unspecified atom stereocenters. The highest BCUT2D eigenvalue weighted by Gasteiger charge is 2.13. The first-order valence-electron chi connectivity index (χ1n) is 6.92. The van der Waals surface area contributed by atoms with Gasteiger partial charge in [-0.2, -0.15) is 5.10 Å². The van der Waals surface area contributed by atoms with E-state index in [0.717, 1.165) is 5.69 Å². The molecule has 5 N–H and O–H groups in total. The normalized spacial score (nSPS) is 11.0. The molecule has 0 bridgehead atoms. The Balaban J connectivity index is 2.06. The molecule has 0 heterocycles. The van der Waals surface area contributed by atoms with Crippen molar-refractivity contribution in [2.24, 2.45) is 5.10 Å². The Hall–Kier alpha value is -3.00. The molecule has 0 saturated carbocycles. The number of rotatable bonds is 4. The number of ether oxygens (including phenoxy) is 1. The summed E-state index contributed by atoms with van der Waals surface area (Å²) in [5.74, 6) is -0.775.